The van der Waals surface area contributed by atoms with Gasteiger partial charge in [-0.1, -0.05) is 0 Å². The molecule has 0 radical (unpaired) electrons. The van der Waals surface area contributed by atoms with E-state index in [9.17, 15) is 9.59 Å². The number of likely N-dealkylation sites (tertiary alicyclic amines) is 1. The van der Waals surface area contributed by atoms with Gasteiger partial charge in [0.25, 0.3) is 0 Å². The van der Waals surface area contributed by atoms with Gasteiger partial charge in [-0.15, -0.1) is 0 Å². The van der Waals surface area contributed by atoms with Crippen molar-refractivity contribution in [3.05, 3.63) is 24.5 Å². The molecule has 1 atom stereocenters. The van der Waals surface area contributed by atoms with Crippen LogP contribution in [0.4, 0.5) is 5.69 Å². The quantitative estimate of drug-likeness (QED) is 0.802. The summed E-state index contributed by atoms with van der Waals surface area (Å²) in [6.45, 7) is 0.711. The third-order valence-electron chi connectivity index (χ3n) is 3.25. The van der Waals surface area contributed by atoms with E-state index in [-0.39, 0.29) is 30.9 Å². The molecule has 2 amide bonds. The number of nitriles is 1. The maximum absolute atomic E-state index is 11.9. The average molecular weight is 287 g/mol. The molecule has 2 N–H and O–H groups in total. The molecule has 1 saturated heterocycles. The number of hydrogen-bond acceptors (Lipinski definition) is 5. The lowest BCUT2D eigenvalue weighted by Crippen LogP contribution is -2.42. The number of rotatable bonds is 5. The highest BCUT2D eigenvalue weighted by Crippen LogP contribution is 2.15. The zero-order valence-corrected chi connectivity index (χ0v) is 11.6. The summed E-state index contributed by atoms with van der Waals surface area (Å²) in [5.41, 5.74) is 0.659. The number of pyridine rings is 1. The van der Waals surface area contributed by atoms with Gasteiger partial charge in [-0.3, -0.25) is 19.9 Å². The van der Waals surface area contributed by atoms with Crippen LogP contribution in [-0.4, -0.2) is 47.4 Å². The van der Waals surface area contributed by atoms with E-state index in [4.69, 9.17) is 5.26 Å². The summed E-state index contributed by atoms with van der Waals surface area (Å²) < 4.78 is 0. The minimum Gasteiger partial charge on any atom is -0.326 e. The van der Waals surface area contributed by atoms with Gasteiger partial charge in [0.1, 0.15) is 6.04 Å². The number of amides is 2. The molecule has 1 aromatic rings. The Morgan fingerprint density at radius 3 is 2.86 bits per heavy atom. The minimum atomic E-state index is -0.329. The molecular formula is C14H17N5O2. The Morgan fingerprint density at radius 1 is 1.38 bits per heavy atom. The van der Waals surface area contributed by atoms with Gasteiger partial charge in [0.2, 0.25) is 11.8 Å². The summed E-state index contributed by atoms with van der Waals surface area (Å²) >= 11 is 0. The molecule has 1 aromatic heterocycles. The zero-order chi connectivity index (χ0) is 15.1. The van der Waals surface area contributed by atoms with Crippen LogP contribution >= 0.6 is 0 Å². The van der Waals surface area contributed by atoms with Crippen molar-refractivity contribution in [2.24, 2.45) is 0 Å². The van der Waals surface area contributed by atoms with E-state index in [0.717, 1.165) is 12.8 Å². The Hall–Kier alpha value is -2.46. The highest BCUT2D eigenvalue weighted by atomic mass is 16.2. The number of nitrogens with one attached hydrogen (secondary N) is 2. The molecule has 2 heterocycles. The molecular weight excluding hydrogens is 270 g/mol. The van der Waals surface area contributed by atoms with E-state index in [1.165, 1.54) is 0 Å². The number of nitrogens with zero attached hydrogens (tertiary/aromatic N) is 3. The molecule has 0 bridgehead atoms. The van der Waals surface area contributed by atoms with Gasteiger partial charge in [-0.05, 0) is 25.0 Å². The molecule has 1 aliphatic rings. The second kappa shape index (κ2) is 7.36. The van der Waals surface area contributed by atoms with Gasteiger partial charge in [-0.2, -0.15) is 5.26 Å². The largest absolute Gasteiger partial charge is 0.326 e. The Labute approximate surface area is 123 Å². The highest BCUT2D eigenvalue weighted by molar-refractivity contribution is 5.92. The van der Waals surface area contributed by atoms with Gasteiger partial charge in [0.05, 0.1) is 19.2 Å². The number of carbonyl (C=O) groups excluding carboxylic acids is 2. The lowest BCUT2D eigenvalue weighted by atomic mass is 10.2. The first kappa shape index (κ1) is 14.9. The molecule has 21 heavy (non-hydrogen) atoms. The fourth-order valence-corrected chi connectivity index (χ4v) is 2.22. The van der Waals surface area contributed by atoms with Gasteiger partial charge in [-0.25, -0.2) is 0 Å². The second-order valence-corrected chi connectivity index (χ2v) is 4.76. The molecule has 7 nitrogen and oxygen atoms in total. The lowest BCUT2D eigenvalue weighted by molar-refractivity contribution is -0.130. The SMILES string of the molecule is N#CC1CCCN1C(=O)CNCC(=O)Nc1ccncc1. The van der Waals surface area contributed by atoms with Crippen LogP contribution in [0.3, 0.4) is 0 Å². The molecule has 1 aliphatic heterocycles. The van der Waals surface area contributed by atoms with Crippen LogP contribution < -0.4 is 10.6 Å². The first-order valence-corrected chi connectivity index (χ1v) is 6.80. The van der Waals surface area contributed by atoms with E-state index in [2.05, 4.69) is 21.7 Å². The van der Waals surface area contributed by atoms with Crippen LogP contribution in [0.15, 0.2) is 24.5 Å². The summed E-state index contributed by atoms with van der Waals surface area (Å²) in [4.78, 5) is 29.0. The molecule has 110 valence electrons. The fraction of sp³-hybridized carbons (Fsp3) is 0.429. The second-order valence-electron chi connectivity index (χ2n) is 4.76. The maximum atomic E-state index is 11.9. The predicted molar refractivity (Wildman–Crippen MR) is 76.1 cm³/mol. The van der Waals surface area contributed by atoms with Crippen LogP contribution in [0.25, 0.3) is 0 Å². The zero-order valence-electron chi connectivity index (χ0n) is 11.6. The van der Waals surface area contributed by atoms with Crippen molar-refractivity contribution in [3.63, 3.8) is 0 Å². The van der Waals surface area contributed by atoms with Crippen molar-refractivity contribution in [3.8, 4) is 6.07 Å². The number of carbonyl (C=O) groups is 2. The van der Waals surface area contributed by atoms with Gasteiger partial charge < -0.3 is 10.2 Å². The molecule has 1 unspecified atom stereocenters. The van der Waals surface area contributed by atoms with Crippen molar-refractivity contribution in [1.29, 1.82) is 5.26 Å². The summed E-state index contributed by atoms with van der Waals surface area (Å²) in [7, 11) is 0. The van der Waals surface area contributed by atoms with E-state index >= 15 is 0 Å². The van der Waals surface area contributed by atoms with Gasteiger partial charge >= 0.3 is 0 Å². The molecule has 1 fully saturated rings. The van der Waals surface area contributed by atoms with E-state index < -0.39 is 0 Å². The first-order valence-electron chi connectivity index (χ1n) is 6.80. The monoisotopic (exact) mass is 287 g/mol. The molecule has 7 heteroatoms. The Balaban J connectivity index is 1.70. The van der Waals surface area contributed by atoms with Crippen LogP contribution in [0.2, 0.25) is 0 Å². The number of hydrogen-bond donors (Lipinski definition) is 2. The number of aromatic nitrogens is 1. The Bertz CT molecular complexity index is 540. The lowest BCUT2D eigenvalue weighted by Gasteiger charge is -2.19. The van der Waals surface area contributed by atoms with Gasteiger partial charge in [0, 0.05) is 24.6 Å². The smallest absolute Gasteiger partial charge is 0.238 e. The van der Waals surface area contributed by atoms with Crippen molar-refractivity contribution in [1.82, 2.24) is 15.2 Å². The van der Waals surface area contributed by atoms with E-state index in [1.807, 2.05) is 0 Å². The minimum absolute atomic E-state index is 0.0408. The standard InChI is InChI=1S/C14H17N5O2/c15-8-12-2-1-7-19(12)14(21)10-17-9-13(20)18-11-3-5-16-6-4-11/h3-6,12,17H,1-2,7,9-10H2,(H,16,18,20). The van der Waals surface area contributed by atoms with Crippen LogP contribution in [0.1, 0.15) is 12.8 Å². The Morgan fingerprint density at radius 2 is 2.14 bits per heavy atom. The molecule has 0 spiro atoms. The summed E-state index contributed by atoms with van der Waals surface area (Å²) in [5.74, 6) is -0.372. The highest BCUT2D eigenvalue weighted by Gasteiger charge is 2.27. The maximum Gasteiger partial charge on any atom is 0.238 e. The fourth-order valence-electron chi connectivity index (χ4n) is 2.22. The Kier molecular flexibility index (Phi) is 5.23. The molecule has 2 rings (SSSR count). The van der Waals surface area contributed by atoms with Crippen molar-refractivity contribution < 1.29 is 9.59 Å². The van der Waals surface area contributed by atoms with Crippen molar-refractivity contribution in [2.75, 3.05) is 25.0 Å². The summed E-state index contributed by atoms with van der Waals surface area (Å²) in [6.07, 6.45) is 4.75. The third-order valence-corrected chi connectivity index (χ3v) is 3.25. The van der Waals surface area contributed by atoms with Crippen molar-refractivity contribution in [2.45, 2.75) is 18.9 Å². The normalized spacial score (nSPS) is 17.3. The van der Waals surface area contributed by atoms with Crippen molar-refractivity contribution >= 4 is 17.5 Å². The molecule has 0 aromatic carbocycles. The number of anilines is 1. The van der Waals surface area contributed by atoms with Gasteiger partial charge in [0.15, 0.2) is 0 Å². The summed E-state index contributed by atoms with van der Waals surface area (Å²) in [6, 6.07) is 5.16. The van der Waals surface area contributed by atoms with Crippen LogP contribution in [0, 0.1) is 11.3 Å². The molecule has 0 saturated carbocycles. The van der Waals surface area contributed by atoms with E-state index in [0.29, 0.717) is 12.2 Å². The topological polar surface area (TPSA) is 98.1 Å². The predicted octanol–water partition coefficient (Wildman–Crippen LogP) is 0.124. The van der Waals surface area contributed by atoms with Crippen LogP contribution in [0.5, 0.6) is 0 Å². The first-order chi connectivity index (χ1) is 10.2. The third kappa shape index (κ3) is 4.26. The molecule has 0 aliphatic carbocycles. The van der Waals surface area contributed by atoms with Crippen LogP contribution in [-0.2, 0) is 9.59 Å². The average Bonchev–Trinajstić information content (AvgIpc) is 2.96. The summed E-state index contributed by atoms with van der Waals surface area (Å²) in [5, 5.41) is 14.4. The van der Waals surface area contributed by atoms with E-state index in [1.54, 1.807) is 29.4 Å².